The van der Waals surface area contributed by atoms with Crippen LogP contribution in [0.3, 0.4) is 0 Å². The summed E-state index contributed by atoms with van der Waals surface area (Å²) < 4.78 is 32.8. The van der Waals surface area contributed by atoms with Gasteiger partial charge in [-0.15, -0.1) is 0 Å². The minimum absolute atomic E-state index is 0.122. The van der Waals surface area contributed by atoms with Crippen LogP contribution in [-0.4, -0.2) is 48.5 Å². The van der Waals surface area contributed by atoms with Gasteiger partial charge in [0, 0.05) is 32.2 Å². The number of piperidine rings is 1. The number of carbonyl (C=O) groups is 1. The minimum atomic E-state index is -0.878. The van der Waals surface area contributed by atoms with Crippen molar-refractivity contribution in [2.45, 2.75) is 76.7 Å². The van der Waals surface area contributed by atoms with Crippen LogP contribution in [0.1, 0.15) is 51.5 Å². The van der Waals surface area contributed by atoms with Gasteiger partial charge in [0.25, 0.3) is 0 Å². The molecule has 0 aliphatic carbocycles. The third-order valence-electron chi connectivity index (χ3n) is 5.10. The van der Waals surface area contributed by atoms with Gasteiger partial charge in [-0.05, 0) is 43.4 Å². The number of benzene rings is 1. The number of hydrogen-bond donors (Lipinski definition) is 3. The van der Waals surface area contributed by atoms with E-state index >= 15 is 0 Å². The van der Waals surface area contributed by atoms with E-state index in [-0.39, 0.29) is 24.5 Å². The van der Waals surface area contributed by atoms with Crippen molar-refractivity contribution in [2.75, 3.05) is 13.2 Å². The van der Waals surface area contributed by atoms with Gasteiger partial charge in [-0.2, -0.15) is 0 Å². The van der Waals surface area contributed by atoms with E-state index in [1.165, 1.54) is 19.1 Å². The molecule has 3 N–H and O–H groups in total. The number of hydrogen-bond acceptors (Lipinski definition) is 4. The zero-order valence-electron chi connectivity index (χ0n) is 16.7. The maximum absolute atomic E-state index is 13.5. The zero-order chi connectivity index (χ0) is 20.5. The van der Waals surface area contributed by atoms with E-state index in [2.05, 4.69) is 17.6 Å². The molecule has 7 heteroatoms. The van der Waals surface area contributed by atoms with Crippen LogP contribution in [0.2, 0.25) is 0 Å². The van der Waals surface area contributed by atoms with Gasteiger partial charge in [0.1, 0.15) is 11.6 Å². The van der Waals surface area contributed by atoms with E-state index in [1.54, 1.807) is 0 Å². The van der Waals surface area contributed by atoms with Gasteiger partial charge < -0.3 is 20.5 Å². The molecule has 1 aliphatic rings. The van der Waals surface area contributed by atoms with E-state index in [0.717, 1.165) is 38.4 Å². The molecule has 4 atom stereocenters. The molecule has 1 heterocycles. The Morgan fingerprint density at radius 1 is 1.29 bits per heavy atom. The van der Waals surface area contributed by atoms with Crippen molar-refractivity contribution >= 4 is 5.91 Å². The Bertz CT molecular complexity index is 601. The standard InChI is InChI=1S/C21H32F2N2O3/c1-3-4-5-8-28-18-6-7-19(24-13-18)21(27)20(25-14(2)26)11-15-9-16(22)12-17(23)10-15/h9-10,12,18-21,24,27H,3-8,11,13H2,1-2H3,(H,25,26)/t18-,19-,20+,21-/m1/s1. The molecule has 1 aromatic rings. The Labute approximate surface area is 165 Å². The van der Waals surface area contributed by atoms with Crippen molar-refractivity contribution in [2.24, 2.45) is 0 Å². The summed E-state index contributed by atoms with van der Waals surface area (Å²) in [4.78, 5) is 11.6. The number of carbonyl (C=O) groups excluding carboxylic acids is 1. The lowest BCUT2D eigenvalue weighted by atomic mass is 9.90. The van der Waals surface area contributed by atoms with Crippen molar-refractivity contribution in [3.05, 3.63) is 35.4 Å². The van der Waals surface area contributed by atoms with Crippen molar-refractivity contribution in [1.82, 2.24) is 10.6 Å². The van der Waals surface area contributed by atoms with Crippen molar-refractivity contribution in [3.8, 4) is 0 Å². The van der Waals surface area contributed by atoms with E-state index < -0.39 is 23.8 Å². The van der Waals surface area contributed by atoms with Crippen molar-refractivity contribution < 1.29 is 23.4 Å². The molecule has 0 unspecified atom stereocenters. The number of aliphatic hydroxyl groups excluding tert-OH is 1. The molecule has 5 nitrogen and oxygen atoms in total. The lowest BCUT2D eigenvalue weighted by Crippen LogP contribution is -2.56. The highest BCUT2D eigenvalue weighted by molar-refractivity contribution is 5.73. The Morgan fingerprint density at radius 3 is 2.57 bits per heavy atom. The highest BCUT2D eigenvalue weighted by Crippen LogP contribution is 2.19. The first-order valence-electron chi connectivity index (χ1n) is 10.1. The van der Waals surface area contributed by atoms with Crippen molar-refractivity contribution in [1.29, 1.82) is 0 Å². The normalized spacial score (nSPS) is 21.9. The predicted octanol–water partition coefficient (Wildman–Crippen LogP) is 2.70. The third-order valence-corrected chi connectivity index (χ3v) is 5.10. The Kier molecular flexibility index (Phi) is 9.28. The molecular formula is C21H32F2N2O3. The lowest BCUT2D eigenvalue weighted by Gasteiger charge is -2.36. The van der Waals surface area contributed by atoms with Crippen LogP contribution in [0.25, 0.3) is 0 Å². The molecule has 0 saturated carbocycles. The van der Waals surface area contributed by atoms with Crippen LogP contribution < -0.4 is 10.6 Å². The SMILES string of the molecule is CCCCCO[C@@H]1CC[C@H]([C@@H](O)[C@H](Cc2cc(F)cc(F)c2)NC(C)=O)NC1. The smallest absolute Gasteiger partial charge is 0.217 e. The summed E-state index contributed by atoms with van der Waals surface area (Å²) in [6, 6.07) is 2.39. The van der Waals surface area contributed by atoms with Crippen LogP contribution in [0.4, 0.5) is 8.78 Å². The van der Waals surface area contributed by atoms with Gasteiger partial charge in [0.2, 0.25) is 5.91 Å². The highest BCUT2D eigenvalue weighted by atomic mass is 19.1. The number of nitrogens with one attached hydrogen (secondary N) is 2. The molecule has 28 heavy (non-hydrogen) atoms. The van der Waals surface area contributed by atoms with Crippen LogP contribution in [0.15, 0.2) is 18.2 Å². The average molecular weight is 398 g/mol. The van der Waals surface area contributed by atoms with E-state index in [9.17, 15) is 18.7 Å². The number of unbranched alkanes of at least 4 members (excludes halogenated alkanes) is 2. The maximum atomic E-state index is 13.5. The fraction of sp³-hybridized carbons (Fsp3) is 0.667. The molecular weight excluding hydrogens is 366 g/mol. The molecule has 0 aromatic heterocycles. The summed E-state index contributed by atoms with van der Waals surface area (Å²) in [5.41, 5.74) is 0.392. The van der Waals surface area contributed by atoms with Gasteiger partial charge in [0.05, 0.1) is 18.2 Å². The Hall–Kier alpha value is -1.57. The van der Waals surface area contributed by atoms with Gasteiger partial charge >= 0.3 is 0 Å². The highest BCUT2D eigenvalue weighted by Gasteiger charge is 2.32. The number of aliphatic hydroxyl groups is 1. The maximum Gasteiger partial charge on any atom is 0.217 e. The second-order valence-corrected chi connectivity index (χ2v) is 7.57. The predicted molar refractivity (Wildman–Crippen MR) is 104 cm³/mol. The summed E-state index contributed by atoms with van der Waals surface area (Å²) in [7, 11) is 0. The molecule has 0 radical (unpaired) electrons. The molecule has 1 saturated heterocycles. The fourth-order valence-corrected chi connectivity index (χ4v) is 3.67. The molecule has 1 amide bonds. The molecule has 1 aromatic carbocycles. The van der Waals surface area contributed by atoms with E-state index in [0.29, 0.717) is 18.5 Å². The Balaban J connectivity index is 1.92. The van der Waals surface area contributed by atoms with E-state index in [1.807, 2.05) is 0 Å². The summed E-state index contributed by atoms with van der Waals surface area (Å²) in [6.45, 7) is 4.89. The van der Waals surface area contributed by atoms with E-state index in [4.69, 9.17) is 4.74 Å². The molecule has 1 aliphatic heterocycles. The first-order valence-corrected chi connectivity index (χ1v) is 10.1. The largest absolute Gasteiger partial charge is 0.389 e. The summed E-state index contributed by atoms with van der Waals surface area (Å²) >= 11 is 0. The van der Waals surface area contributed by atoms with Crippen LogP contribution >= 0.6 is 0 Å². The first-order chi connectivity index (χ1) is 13.4. The van der Waals surface area contributed by atoms with Gasteiger partial charge in [-0.1, -0.05) is 19.8 Å². The fourth-order valence-electron chi connectivity index (χ4n) is 3.67. The second kappa shape index (κ2) is 11.4. The van der Waals surface area contributed by atoms with Gasteiger partial charge in [0.15, 0.2) is 0 Å². The number of ether oxygens (including phenoxy) is 1. The topological polar surface area (TPSA) is 70.6 Å². The number of rotatable bonds is 10. The van der Waals surface area contributed by atoms with Gasteiger partial charge in [-0.25, -0.2) is 8.78 Å². The third kappa shape index (κ3) is 7.45. The summed E-state index contributed by atoms with van der Waals surface area (Å²) in [5.74, 6) is -1.65. The second-order valence-electron chi connectivity index (χ2n) is 7.57. The summed E-state index contributed by atoms with van der Waals surface area (Å²) in [5, 5.41) is 16.8. The van der Waals surface area contributed by atoms with Crippen LogP contribution in [0, 0.1) is 11.6 Å². The first kappa shape index (κ1) is 22.7. The minimum Gasteiger partial charge on any atom is -0.389 e. The quantitative estimate of drug-likeness (QED) is 0.530. The molecule has 0 bridgehead atoms. The number of amides is 1. The lowest BCUT2D eigenvalue weighted by molar-refractivity contribution is -0.120. The summed E-state index contributed by atoms with van der Waals surface area (Å²) in [6.07, 6.45) is 4.27. The average Bonchev–Trinajstić information content (AvgIpc) is 2.63. The Morgan fingerprint density at radius 2 is 2.00 bits per heavy atom. The van der Waals surface area contributed by atoms with Gasteiger partial charge in [-0.3, -0.25) is 4.79 Å². The molecule has 1 fully saturated rings. The van der Waals surface area contributed by atoms with Crippen LogP contribution in [-0.2, 0) is 16.0 Å². The van der Waals surface area contributed by atoms with Crippen molar-refractivity contribution in [3.63, 3.8) is 0 Å². The molecule has 2 rings (SSSR count). The number of halogens is 2. The van der Waals surface area contributed by atoms with Crippen LogP contribution in [0.5, 0.6) is 0 Å². The molecule has 158 valence electrons. The molecule has 0 spiro atoms. The zero-order valence-corrected chi connectivity index (χ0v) is 16.7. The monoisotopic (exact) mass is 398 g/mol.